The van der Waals surface area contributed by atoms with Crippen molar-refractivity contribution >= 4 is 11.7 Å². The molecule has 23 heavy (non-hydrogen) atoms. The molecule has 2 aliphatic rings. The van der Waals surface area contributed by atoms with Crippen molar-refractivity contribution in [2.45, 2.75) is 45.1 Å². The summed E-state index contributed by atoms with van der Waals surface area (Å²) in [6.45, 7) is 7.13. The van der Waals surface area contributed by atoms with Crippen LogP contribution in [-0.4, -0.2) is 57.7 Å². The van der Waals surface area contributed by atoms with E-state index in [2.05, 4.69) is 21.8 Å². The molecule has 1 aromatic heterocycles. The maximum atomic E-state index is 12.5. The molecule has 0 radical (unpaired) electrons. The summed E-state index contributed by atoms with van der Waals surface area (Å²) < 4.78 is 0. The number of hydrogen-bond donors (Lipinski definition) is 1. The van der Waals surface area contributed by atoms with E-state index < -0.39 is 5.60 Å². The molecule has 126 valence electrons. The van der Waals surface area contributed by atoms with Gasteiger partial charge in [-0.25, -0.2) is 4.98 Å². The van der Waals surface area contributed by atoms with Gasteiger partial charge in [0.2, 0.25) is 0 Å². The maximum Gasteiger partial charge on any atom is 0.274 e. The molecule has 1 aromatic rings. The van der Waals surface area contributed by atoms with Crippen molar-refractivity contribution in [1.82, 2.24) is 14.9 Å². The molecule has 2 aliphatic heterocycles. The van der Waals surface area contributed by atoms with Crippen molar-refractivity contribution in [2.24, 2.45) is 5.92 Å². The fraction of sp³-hybridized carbons (Fsp3) is 0.706. The topological polar surface area (TPSA) is 69.6 Å². The van der Waals surface area contributed by atoms with Gasteiger partial charge in [-0.15, -0.1) is 0 Å². The second-order valence-electron chi connectivity index (χ2n) is 6.92. The Bertz CT molecular complexity index is 569. The monoisotopic (exact) mass is 318 g/mol. The number of hydrogen-bond acceptors (Lipinski definition) is 5. The van der Waals surface area contributed by atoms with Gasteiger partial charge in [0.1, 0.15) is 11.5 Å². The zero-order valence-corrected chi connectivity index (χ0v) is 14.0. The Morgan fingerprint density at radius 1 is 1.35 bits per heavy atom. The summed E-state index contributed by atoms with van der Waals surface area (Å²) in [5, 5.41) is 10.5. The van der Waals surface area contributed by atoms with Crippen LogP contribution in [0.5, 0.6) is 0 Å². The zero-order valence-electron chi connectivity index (χ0n) is 14.0. The Labute approximate surface area is 137 Å². The van der Waals surface area contributed by atoms with Crippen LogP contribution in [0.3, 0.4) is 0 Å². The number of nitrogens with zero attached hydrogens (tertiary/aromatic N) is 4. The molecule has 0 spiro atoms. The third-order valence-corrected chi connectivity index (χ3v) is 5.26. The van der Waals surface area contributed by atoms with E-state index in [4.69, 9.17) is 0 Å². The summed E-state index contributed by atoms with van der Waals surface area (Å²) in [7, 11) is 0. The third kappa shape index (κ3) is 3.32. The van der Waals surface area contributed by atoms with Crippen LogP contribution < -0.4 is 4.90 Å². The molecular weight excluding hydrogens is 292 g/mol. The van der Waals surface area contributed by atoms with Gasteiger partial charge in [-0.3, -0.25) is 9.78 Å². The highest BCUT2D eigenvalue weighted by Gasteiger charge is 2.37. The summed E-state index contributed by atoms with van der Waals surface area (Å²) >= 11 is 0. The standard InChI is InChI=1S/C17H26N4O2/c1-3-13-12-21(9-6-17(13,2)23)15-11-18-10-14(19-15)16(22)20-7-4-5-8-20/h10-11,13,23H,3-9,12H2,1-2H3/t13-,17+/m0/s1. The van der Waals surface area contributed by atoms with E-state index in [1.165, 1.54) is 0 Å². The minimum Gasteiger partial charge on any atom is -0.390 e. The first-order valence-electron chi connectivity index (χ1n) is 8.60. The number of anilines is 1. The summed E-state index contributed by atoms with van der Waals surface area (Å²) in [5.41, 5.74) is -0.198. The van der Waals surface area contributed by atoms with Crippen LogP contribution in [0.15, 0.2) is 12.4 Å². The lowest BCUT2D eigenvalue weighted by Gasteiger charge is -2.42. The molecular formula is C17H26N4O2. The van der Waals surface area contributed by atoms with Gasteiger partial charge in [-0.05, 0) is 32.6 Å². The van der Waals surface area contributed by atoms with Crippen LogP contribution >= 0.6 is 0 Å². The van der Waals surface area contributed by atoms with Gasteiger partial charge in [-0.2, -0.15) is 0 Å². The molecule has 3 heterocycles. The zero-order chi connectivity index (χ0) is 16.4. The van der Waals surface area contributed by atoms with Crippen LogP contribution in [0.1, 0.15) is 50.0 Å². The van der Waals surface area contributed by atoms with Crippen LogP contribution in [0, 0.1) is 5.92 Å². The molecule has 0 saturated carbocycles. The van der Waals surface area contributed by atoms with E-state index in [0.717, 1.165) is 51.3 Å². The van der Waals surface area contributed by atoms with Crippen LogP contribution in [0.4, 0.5) is 5.82 Å². The number of likely N-dealkylation sites (tertiary alicyclic amines) is 1. The van der Waals surface area contributed by atoms with Crippen LogP contribution in [0.2, 0.25) is 0 Å². The van der Waals surface area contributed by atoms with E-state index in [-0.39, 0.29) is 11.8 Å². The largest absolute Gasteiger partial charge is 0.390 e. The Morgan fingerprint density at radius 2 is 2.09 bits per heavy atom. The van der Waals surface area contributed by atoms with Crippen molar-refractivity contribution in [3.63, 3.8) is 0 Å². The number of aliphatic hydroxyl groups is 1. The number of piperidine rings is 1. The predicted molar refractivity (Wildman–Crippen MR) is 88.4 cm³/mol. The molecule has 0 aliphatic carbocycles. The lowest BCUT2D eigenvalue weighted by atomic mass is 9.81. The minimum absolute atomic E-state index is 0.0205. The average Bonchev–Trinajstić information content (AvgIpc) is 3.08. The van der Waals surface area contributed by atoms with E-state index in [9.17, 15) is 9.90 Å². The second-order valence-corrected chi connectivity index (χ2v) is 6.92. The van der Waals surface area contributed by atoms with Gasteiger partial charge < -0.3 is 14.9 Å². The van der Waals surface area contributed by atoms with Gasteiger partial charge in [0.15, 0.2) is 0 Å². The highest BCUT2D eigenvalue weighted by atomic mass is 16.3. The smallest absolute Gasteiger partial charge is 0.274 e. The lowest BCUT2D eigenvalue weighted by molar-refractivity contribution is -0.0183. The summed E-state index contributed by atoms with van der Waals surface area (Å²) in [5.74, 6) is 0.924. The highest BCUT2D eigenvalue weighted by molar-refractivity contribution is 5.92. The Kier molecular flexibility index (Phi) is 4.53. The molecule has 1 N–H and O–H groups in total. The van der Waals surface area contributed by atoms with E-state index in [1.54, 1.807) is 12.4 Å². The highest BCUT2D eigenvalue weighted by Crippen LogP contribution is 2.31. The predicted octanol–water partition coefficient (Wildman–Crippen LogP) is 1.70. The lowest BCUT2D eigenvalue weighted by Crippen LogP contribution is -2.50. The number of amides is 1. The number of aromatic nitrogens is 2. The fourth-order valence-corrected chi connectivity index (χ4v) is 3.59. The Morgan fingerprint density at radius 3 is 2.78 bits per heavy atom. The molecule has 3 rings (SSSR count). The first kappa shape index (κ1) is 16.2. The molecule has 2 saturated heterocycles. The van der Waals surface area contributed by atoms with Crippen LogP contribution in [0.25, 0.3) is 0 Å². The van der Waals surface area contributed by atoms with E-state index in [1.807, 2.05) is 11.8 Å². The molecule has 2 atom stereocenters. The molecule has 0 bridgehead atoms. The minimum atomic E-state index is -0.623. The Balaban J connectivity index is 1.76. The molecule has 2 fully saturated rings. The number of rotatable bonds is 3. The summed E-state index contributed by atoms with van der Waals surface area (Å²) in [6, 6.07) is 0. The number of carbonyl (C=O) groups excluding carboxylic acids is 1. The van der Waals surface area contributed by atoms with Crippen molar-refractivity contribution in [2.75, 3.05) is 31.1 Å². The normalized spacial score (nSPS) is 28.2. The van der Waals surface area contributed by atoms with Gasteiger partial charge >= 0.3 is 0 Å². The summed E-state index contributed by atoms with van der Waals surface area (Å²) in [6.07, 6.45) is 7.03. The SMILES string of the molecule is CC[C@H]1CN(c2cncc(C(=O)N3CCCC3)n2)CC[C@@]1(C)O. The third-order valence-electron chi connectivity index (χ3n) is 5.26. The van der Waals surface area contributed by atoms with Gasteiger partial charge in [0.25, 0.3) is 5.91 Å². The van der Waals surface area contributed by atoms with Crippen molar-refractivity contribution in [3.05, 3.63) is 18.1 Å². The van der Waals surface area contributed by atoms with Crippen molar-refractivity contribution in [1.29, 1.82) is 0 Å². The molecule has 6 heteroatoms. The van der Waals surface area contributed by atoms with Crippen molar-refractivity contribution in [3.8, 4) is 0 Å². The molecule has 6 nitrogen and oxygen atoms in total. The fourth-order valence-electron chi connectivity index (χ4n) is 3.59. The number of carbonyl (C=O) groups is 1. The molecule has 0 unspecified atom stereocenters. The van der Waals surface area contributed by atoms with E-state index in [0.29, 0.717) is 12.1 Å². The van der Waals surface area contributed by atoms with Gasteiger partial charge in [0, 0.05) is 32.1 Å². The summed E-state index contributed by atoms with van der Waals surface area (Å²) in [4.78, 5) is 25.2. The van der Waals surface area contributed by atoms with Crippen molar-refractivity contribution < 1.29 is 9.90 Å². The quantitative estimate of drug-likeness (QED) is 0.918. The van der Waals surface area contributed by atoms with E-state index >= 15 is 0 Å². The first-order chi connectivity index (χ1) is 11.0. The van der Waals surface area contributed by atoms with Gasteiger partial charge in [-0.1, -0.05) is 6.92 Å². The maximum absolute atomic E-state index is 12.5. The average molecular weight is 318 g/mol. The Hall–Kier alpha value is -1.69. The molecule has 1 amide bonds. The second kappa shape index (κ2) is 6.43. The van der Waals surface area contributed by atoms with Gasteiger partial charge in [0.05, 0.1) is 18.0 Å². The molecule has 0 aromatic carbocycles. The van der Waals surface area contributed by atoms with Crippen LogP contribution in [-0.2, 0) is 0 Å². The first-order valence-corrected chi connectivity index (χ1v) is 8.60.